The maximum atomic E-state index is 9.45. The highest BCUT2D eigenvalue weighted by molar-refractivity contribution is 4.67. The van der Waals surface area contributed by atoms with Gasteiger partial charge in [0.15, 0.2) is 0 Å². The number of rotatable bonds is 6. The van der Waals surface area contributed by atoms with Crippen LogP contribution in [0.3, 0.4) is 0 Å². The van der Waals surface area contributed by atoms with Crippen LogP contribution in [0.5, 0.6) is 0 Å². The molecule has 0 aromatic rings. The van der Waals surface area contributed by atoms with Gasteiger partial charge in [-0.2, -0.15) is 0 Å². The first-order valence-corrected chi connectivity index (χ1v) is 4.94. The summed E-state index contributed by atoms with van der Waals surface area (Å²) in [7, 11) is 0. The van der Waals surface area contributed by atoms with Crippen molar-refractivity contribution in [3.05, 3.63) is 0 Å². The number of aliphatic hydroxyl groups excluding tert-OH is 2. The van der Waals surface area contributed by atoms with Gasteiger partial charge < -0.3 is 10.2 Å². The molecule has 2 heteroatoms. The Bertz CT molecular complexity index is 102. The summed E-state index contributed by atoms with van der Waals surface area (Å²) in [4.78, 5) is 0. The summed E-state index contributed by atoms with van der Waals surface area (Å²) in [6.45, 7) is 6.26. The van der Waals surface area contributed by atoms with Gasteiger partial charge in [0.1, 0.15) is 0 Å². The Balaban J connectivity index is 3.49. The molecule has 0 amide bonds. The van der Waals surface area contributed by atoms with Gasteiger partial charge in [-0.3, -0.25) is 0 Å². The molecule has 2 atom stereocenters. The lowest BCUT2D eigenvalue weighted by Gasteiger charge is -2.17. The Hall–Kier alpha value is -0.0800. The van der Waals surface area contributed by atoms with Crippen molar-refractivity contribution in [3.63, 3.8) is 0 Å². The fourth-order valence-electron chi connectivity index (χ4n) is 1.18. The summed E-state index contributed by atoms with van der Waals surface area (Å²) in [6, 6.07) is 0. The molecule has 0 fully saturated rings. The van der Waals surface area contributed by atoms with Gasteiger partial charge in [-0.15, -0.1) is 0 Å². The fourth-order valence-corrected chi connectivity index (χ4v) is 1.18. The molecule has 74 valence electrons. The molecule has 0 spiro atoms. The van der Waals surface area contributed by atoms with E-state index in [4.69, 9.17) is 0 Å². The van der Waals surface area contributed by atoms with Gasteiger partial charge in [-0.25, -0.2) is 0 Å². The molecule has 0 saturated heterocycles. The summed E-state index contributed by atoms with van der Waals surface area (Å²) in [5.74, 6) is 0.605. The number of hydrogen-bond donors (Lipinski definition) is 2. The second-order valence-electron chi connectivity index (χ2n) is 3.89. The van der Waals surface area contributed by atoms with Crippen LogP contribution in [0.2, 0.25) is 0 Å². The molecule has 0 heterocycles. The first-order valence-electron chi connectivity index (χ1n) is 4.94. The van der Waals surface area contributed by atoms with Gasteiger partial charge >= 0.3 is 0 Å². The summed E-state index contributed by atoms with van der Waals surface area (Å²) < 4.78 is 0. The van der Waals surface area contributed by atoms with Crippen molar-refractivity contribution in [1.29, 1.82) is 0 Å². The topological polar surface area (TPSA) is 40.5 Å². The normalized spacial score (nSPS) is 16.5. The lowest BCUT2D eigenvalue weighted by molar-refractivity contribution is 0.00679. The third kappa shape index (κ3) is 5.56. The molecule has 0 aliphatic heterocycles. The van der Waals surface area contributed by atoms with Gasteiger partial charge in [0.2, 0.25) is 0 Å². The molecular weight excluding hydrogens is 152 g/mol. The highest BCUT2D eigenvalue weighted by Crippen LogP contribution is 2.11. The molecule has 2 unspecified atom stereocenters. The quantitative estimate of drug-likeness (QED) is 0.646. The highest BCUT2D eigenvalue weighted by atomic mass is 16.3. The zero-order valence-corrected chi connectivity index (χ0v) is 8.45. The summed E-state index contributed by atoms with van der Waals surface area (Å²) >= 11 is 0. The maximum absolute atomic E-state index is 9.45. The van der Waals surface area contributed by atoms with Gasteiger partial charge in [0.25, 0.3) is 0 Å². The standard InChI is InChI=1S/C10H22O2/c1-4-5-9(11)10(12)7-6-8(2)3/h8-12H,4-7H2,1-3H3. The monoisotopic (exact) mass is 174 g/mol. The Kier molecular flexibility index (Phi) is 6.39. The SMILES string of the molecule is CCCC(O)C(O)CCC(C)C. The van der Waals surface area contributed by atoms with Crippen molar-refractivity contribution in [2.75, 3.05) is 0 Å². The van der Waals surface area contributed by atoms with E-state index in [0.29, 0.717) is 12.3 Å². The summed E-state index contributed by atoms with van der Waals surface area (Å²) in [5, 5.41) is 18.8. The van der Waals surface area contributed by atoms with E-state index in [2.05, 4.69) is 13.8 Å². The van der Waals surface area contributed by atoms with E-state index in [9.17, 15) is 10.2 Å². The van der Waals surface area contributed by atoms with E-state index in [1.807, 2.05) is 6.92 Å². The molecule has 0 radical (unpaired) electrons. The zero-order chi connectivity index (χ0) is 9.56. The molecule has 0 aromatic heterocycles. The Morgan fingerprint density at radius 1 is 0.917 bits per heavy atom. The van der Waals surface area contributed by atoms with E-state index in [1.165, 1.54) is 0 Å². The maximum Gasteiger partial charge on any atom is 0.0799 e. The predicted molar refractivity (Wildman–Crippen MR) is 51.0 cm³/mol. The van der Waals surface area contributed by atoms with Crippen LogP contribution in [-0.2, 0) is 0 Å². The Morgan fingerprint density at radius 2 is 1.42 bits per heavy atom. The van der Waals surface area contributed by atoms with Gasteiger partial charge in [0, 0.05) is 0 Å². The van der Waals surface area contributed by atoms with Crippen LogP contribution >= 0.6 is 0 Å². The van der Waals surface area contributed by atoms with E-state index in [1.54, 1.807) is 0 Å². The van der Waals surface area contributed by atoms with Crippen LogP contribution < -0.4 is 0 Å². The summed E-state index contributed by atoms with van der Waals surface area (Å²) in [5.41, 5.74) is 0. The molecule has 12 heavy (non-hydrogen) atoms. The molecule has 2 nitrogen and oxygen atoms in total. The average Bonchev–Trinajstić information content (AvgIpc) is 2.00. The van der Waals surface area contributed by atoms with E-state index < -0.39 is 12.2 Å². The lowest BCUT2D eigenvalue weighted by atomic mass is 10.00. The average molecular weight is 174 g/mol. The molecule has 0 aliphatic rings. The molecule has 0 rings (SSSR count). The van der Waals surface area contributed by atoms with Crippen LogP contribution in [-0.4, -0.2) is 22.4 Å². The summed E-state index contributed by atoms with van der Waals surface area (Å²) in [6.07, 6.45) is 2.31. The predicted octanol–water partition coefficient (Wildman–Crippen LogP) is 1.94. The lowest BCUT2D eigenvalue weighted by Crippen LogP contribution is -2.25. The van der Waals surface area contributed by atoms with Crippen LogP contribution in [0.25, 0.3) is 0 Å². The second-order valence-corrected chi connectivity index (χ2v) is 3.89. The molecule has 0 saturated carbocycles. The zero-order valence-electron chi connectivity index (χ0n) is 8.45. The van der Waals surface area contributed by atoms with Crippen LogP contribution in [0.4, 0.5) is 0 Å². The van der Waals surface area contributed by atoms with Crippen molar-refractivity contribution in [1.82, 2.24) is 0 Å². The van der Waals surface area contributed by atoms with Crippen molar-refractivity contribution >= 4 is 0 Å². The Labute approximate surface area is 75.6 Å². The fraction of sp³-hybridized carbons (Fsp3) is 1.00. The van der Waals surface area contributed by atoms with Crippen molar-refractivity contribution in [2.24, 2.45) is 5.92 Å². The van der Waals surface area contributed by atoms with Crippen molar-refractivity contribution in [3.8, 4) is 0 Å². The molecule has 0 aromatic carbocycles. The second kappa shape index (κ2) is 6.44. The molecule has 0 aliphatic carbocycles. The third-order valence-corrected chi connectivity index (χ3v) is 2.07. The minimum Gasteiger partial charge on any atom is -0.390 e. The van der Waals surface area contributed by atoms with Crippen LogP contribution in [0, 0.1) is 5.92 Å². The first-order chi connectivity index (χ1) is 5.57. The molecule has 0 bridgehead atoms. The van der Waals surface area contributed by atoms with Gasteiger partial charge in [-0.1, -0.05) is 27.2 Å². The Morgan fingerprint density at radius 3 is 1.83 bits per heavy atom. The minimum atomic E-state index is -0.521. The first kappa shape index (κ1) is 11.9. The van der Waals surface area contributed by atoms with Crippen molar-refractivity contribution < 1.29 is 10.2 Å². The number of aliphatic hydroxyl groups is 2. The minimum absolute atomic E-state index is 0.520. The van der Waals surface area contributed by atoms with Gasteiger partial charge in [0.05, 0.1) is 12.2 Å². The van der Waals surface area contributed by atoms with E-state index >= 15 is 0 Å². The largest absolute Gasteiger partial charge is 0.390 e. The molecular formula is C10H22O2. The van der Waals surface area contributed by atoms with Crippen LogP contribution in [0.15, 0.2) is 0 Å². The smallest absolute Gasteiger partial charge is 0.0799 e. The number of hydrogen-bond acceptors (Lipinski definition) is 2. The van der Waals surface area contributed by atoms with Crippen molar-refractivity contribution in [2.45, 2.75) is 58.7 Å². The van der Waals surface area contributed by atoms with E-state index in [-0.39, 0.29) is 0 Å². The van der Waals surface area contributed by atoms with Gasteiger partial charge in [-0.05, 0) is 25.2 Å². The third-order valence-electron chi connectivity index (χ3n) is 2.07. The van der Waals surface area contributed by atoms with Crippen LogP contribution in [0.1, 0.15) is 46.5 Å². The molecule has 2 N–H and O–H groups in total. The highest BCUT2D eigenvalue weighted by Gasteiger charge is 2.14. The van der Waals surface area contributed by atoms with E-state index in [0.717, 1.165) is 19.3 Å².